The Morgan fingerprint density at radius 2 is 1.74 bits per heavy atom. The van der Waals surface area contributed by atoms with Gasteiger partial charge in [0.05, 0.1) is 10.5 Å². The molecule has 0 aliphatic carbocycles. The highest BCUT2D eigenvalue weighted by Crippen LogP contribution is 2.35. The molecule has 3 nitrogen and oxygen atoms in total. The first-order valence-electron chi connectivity index (χ1n) is 6.49. The van der Waals surface area contributed by atoms with Crippen molar-refractivity contribution in [1.29, 1.82) is 0 Å². The van der Waals surface area contributed by atoms with Gasteiger partial charge in [0.25, 0.3) is 0 Å². The second-order valence-electron chi connectivity index (χ2n) is 4.88. The van der Waals surface area contributed by atoms with Gasteiger partial charge in [-0.2, -0.15) is 17.5 Å². The van der Waals surface area contributed by atoms with Crippen LogP contribution >= 0.6 is 11.6 Å². The fourth-order valence-corrected chi connectivity index (χ4v) is 3.65. The van der Waals surface area contributed by atoms with E-state index >= 15 is 0 Å². The highest BCUT2D eigenvalue weighted by molar-refractivity contribution is 7.89. The first kappa shape index (κ1) is 17.8. The topological polar surface area (TPSA) is 37.4 Å². The molecule has 124 valence electrons. The van der Waals surface area contributed by atoms with E-state index in [-0.39, 0.29) is 6.54 Å². The molecule has 8 heteroatoms. The predicted octanol–water partition coefficient (Wildman–Crippen LogP) is 4.18. The van der Waals surface area contributed by atoms with E-state index in [2.05, 4.69) is 0 Å². The standard InChI is InChI=1S/C15H13ClF3NO2S/c1-20(10-11-5-4-6-12(16)9-11)23(21,22)14-8-3-2-7-13(14)15(17,18)19/h2-9H,10H2,1H3. The van der Waals surface area contributed by atoms with Crippen LogP contribution in [0.1, 0.15) is 11.1 Å². The Hall–Kier alpha value is -1.57. The van der Waals surface area contributed by atoms with Crippen LogP contribution < -0.4 is 0 Å². The summed E-state index contributed by atoms with van der Waals surface area (Å²) in [5.74, 6) is 0. The van der Waals surface area contributed by atoms with Crippen LogP contribution in [0, 0.1) is 0 Å². The number of halogens is 4. The van der Waals surface area contributed by atoms with Gasteiger partial charge in [0.15, 0.2) is 0 Å². The molecule has 0 saturated carbocycles. The van der Waals surface area contributed by atoms with Crippen LogP contribution in [0.2, 0.25) is 5.02 Å². The lowest BCUT2D eigenvalue weighted by atomic mass is 10.2. The van der Waals surface area contributed by atoms with E-state index in [0.29, 0.717) is 10.6 Å². The number of alkyl halides is 3. The predicted molar refractivity (Wildman–Crippen MR) is 81.5 cm³/mol. The zero-order valence-electron chi connectivity index (χ0n) is 12.0. The Kier molecular flexibility index (Phi) is 5.03. The van der Waals surface area contributed by atoms with E-state index in [9.17, 15) is 21.6 Å². The number of sulfonamides is 1. The SMILES string of the molecule is CN(Cc1cccc(Cl)c1)S(=O)(=O)c1ccccc1C(F)(F)F. The Bertz CT molecular complexity index is 806. The average Bonchev–Trinajstić information content (AvgIpc) is 2.46. The summed E-state index contributed by atoms with van der Waals surface area (Å²) in [5, 5.41) is 0.420. The van der Waals surface area contributed by atoms with Crippen molar-refractivity contribution in [3.05, 3.63) is 64.7 Å². The maximum Gasteiger partial charge on any atom is 0.417 e. The maximum absolute atomic E-state index is 13.0. The minimum Gasteiger partial charge on any atom is -0.207 e. The molecule has 0 atom stereocenters. The molecule has 0 aliphatic rings. The number of nitrogens with zero attached hydrogens (tertiary/aromatic N) is 1. The van der Waals surface area contributed by atoms with Crippen LogP contribution in [-0.4, -0.2) is 19.8 Å². The van der Waals surface area contributed by atoms with Crippen LogP contribution in [0.25, 0.3) is 0 Å². The summed E-state index contributed by atoms with van der Waals surface area (Å²) in [5.41, 5.74) is -0.606. The third kappa shape index (κ3) is 4.04. The van der Waals surface area contributed by atoms with Crippen molar-refractivity contribution < 1.29 is 21.6 Å². The zero-order valence-corrected chi connectivity index (χ0v) is 13.6. The lowest BCUT2D eigenvalue weighted by Gasteiger charge is -2.20. The first-order valence-corrected chi connectivity index (χ1v) is 8.31. The molecule has 0 unspecified atom stereocenters. The van der Waals surface area contributed by atoms with Gasteiger partial charge in [-0.1, -0.05) is 35.9 Å². The second-order valence-corrected chi connectivity index (χ2v) is 7.33. The van der Waals surface area contributed by atoms with Crippen LogP contribution in [-0.2, 0) is 22.7 Å². The van der Waals surface area contributed by atoms with Crippen molar-refractivity contribution in [2.24, 2.45) is 0 Å². The van der Waals surface area contributed by atoms with Gasteiger partial charge in [-0.25, -0.2) is 8.42 Å². The van der Waals surface area contributed by atoms with E-state index in [0.717, 1.165) is 22.5 Å². The van der Waals surface area contributed by atoms with Gasteiger partial charge >= 0.3 is 6.18 Å². The van der Waals surface area contributed by atoms with Crippen LogP contribution in [0.4, 0.5) is 13.2 Å². The number of hydrogen-bond acceptors (Lipinski definition) is 2. The Balaban J connectivity index is 2.39. The van der Waals surface area contributed by atoms with E-state index in [1.54, 1.807) is 24.3 Å². The smallest absolute Gasteiger partial charge is 0.207 e. The van der Waals surface area contributed by atoms with Crippen molar-refractivity contribution in [1.82, 2.24) is 4.31 Å². The summed E-state index contributed by atoms with van der Waals surface area (Å²) in [6.45, 7) is -0.0882. The Morgan fingerprint density at radius 1 is 1.09 bits per heavy atom. The molecule has 2 rings (SSSR count). The van der Waals surface area contributed by atoms with Crippen molar-refractivity contribution >= 4 is 21.6 Å². The molecule has 0 N–H and O–H groups in total. The average molecular weight is 364 g/mol. The molecule has 0 amide bonds. The summed E-state index contributed by atoms with van der Waals surface area (Å²) >= 11 is 5.83. The highest BCUT2D eigenvalue weighted by atomic mass is 35.5. The fourth-order valence-electron chi connectivity index (χ4n) is 2.07. The van der Waals surface area contributed by atoms with Crippen molar-refractivity contribution in [3.8, 4) is 0 Å². The van der Waals surface area contributed by atoms with Crippen molar-refractivity contribution in [3.63, 3.8) is 0 Å². The van der Waals surface area contributed by atoms with E-state index in [1.165, 1.54) is 13.1 Å². The molecule has 0 fully saturated rings. The van der Waals surface area contributed by atoms with E-state index < -0.39 is 26.7 Å². The van der Waals surface area contributed by atoms with Gasteiger partial charge in [0.2, 0.25) is 10.0 Å². The van der Waals surface area contributed by atoms with E-state index in [4.69, 9.17) is 11.6 Å². The number of rotatable bonds is 4. The number of hydrogen-bond donors (Lipinski definition) is 0. The third-order valence-corrected chi connectivity index (χ3v) is 5.27. The minimum atomic E-state index is -4.75. The Labute approximate surface area is 137 Å². The van der Waals surface area contributed by atoms with Crippen LogP contribution in [0.3, 0.4) is 0 Å². The molecule has 0 radical (unpaired) electrons. The fraction of sp³-hybridized carbons (Fsp3) is 0.200. The third-order valence-electron chi connectivity index (χ3n) is 3.17. The normalized spacial score (nSPS) is 12.6. The largest absolute Gasteiger partial charge is 0.417 e. The first-order chi connectivity index (χ1) is 10.6. The molecule has 0 heterocycles. The van der Waals surface area contributed by atoms with E-state index in [1.807, 2.05) is 0 Å². The summed E-state index contributed by atoms with van der Waals surface area (Å²) in [4.78, 5) is -0.767. The molecule has 0 aromatic heterocycles. The van der Waals surface area contributed by atoms with Crippen molar-refractivity contribution in [2.45, 2.75) is 17.6 Å². The van der Waals surface area contributed by atoms with Crippen molar-refractivity contribution in [2.75, 3.05) is 7.05 Å². The van der Waals surface area contributed by atoms with Gasteiger partial charge in [-0.05, 0) is 29.8 Å². The molecular weight excluding hydrogens is 351 g/mol. The van der Waals surface area contributed by atoms with Gasteiger partial charge in [-0.15, -0.1) is 0 Å². The van der Waals surface area contributed by atoms with Crippen LogP contribution in [0.5, 0.6) is 0 Å². The molecule has 0 saturated heterocycles. The van der Waals surface area contributed by atoms with Gasteiger partial charge in [0, 0.05) is 18.6 Å². The molecule has 0 spiro atoms. The molecule has 0 bridgehead atoms. The lowest BCUT2D eigenvalue weighted by Crippen LogP contribution is -2.28. The highest BCUT2D eigenvalue weighted by Gasteiger charge is 2.38. The second kappa shape index (κ2) is 6.51. The summed E-state index contributed by atoms with van der Waals surface area (Å²) in [7, 11) is -3.07. The Morgan fingerprint density at radius 3 is 2.35 bits per heavy atom. The number of benzene rings is 2. The van der Waals surface area contributed by atoms with Gasteiger partial charge in [0.1, 0.15) is 0 Å². The maximum atomic E-state index is 13.0. The molecule has 2 aromatic rings. The molecule has 23 heavy (non-hydrogen) atoms. The monoisotopic (exact) mass is 363 g/mol. The molecule has 2 aromatic carbocycles. The van der Waals surface area contributed by atoms with Gasteiger partial charge < -0.3 is 0 Å². The summed E-state index contributed by atoms with van der Waals surface area (Å²) in [6.07, 6.45) is -4.75. The minimum absolute atomic E-state index is 0.0882. The molecular formula is C15H13ClF3NO2S. The summed E-state index contributed by atoms with van der Waals surface area (Å²) in [6, 6.07) is 10.6. The quantitative estimate of drug-likeness (QED) is 0.817. The van der Waals surface area contributed by atoms with Gasteiger partial charge in [-0.3, -0.25) is 0 Å². The zero-order chi connectivity index (χ0) is 17.3. The molecule has 0 aliphatic heterocycles. The lowest BCUT2D eigenvalue weighted by molar-refractivity contribution is -0.139. The summed E-state index contributed by atoms with van der Waals surface area (Å²) < 4.78 is 64.9. The van der Waals surface area contributed by atoms with Crippen LogP contribution in [0.15, 0.2) is 53.4 Å².